The molecule has 2 amide bonds. The Labute approximate surface area is 174 Å². The molecule has 146 valence electrons. The van der Waals surface area contributed by atoms with E-state index in [-0.39, 0.29) is 29.6 Å². The highest BCUT2D eigenvalue weighted by Gasteiger charge is 2.27. The molecular weight excluding hydrogens is 394 g/mol. The molecule has 2 aliphatic rings. The second-order valence-corrected chi connectivity index (χ2v) is 7.82. The highest BCUT2D eigenvalue weighted by molar-refractivity contribution is 8.18. The highest BCUT2D eigenvalue weighted by atomic mass is 35.5. The zero-order chi connectivity index (χ0) is 18.8. The maximum atomic E-state index is 12.0. The van der Waals surface area contributed by atoms with E-state index in [0.717, 1.165) is 60.1 Å². The smallest absolute Gasteiger partial charge is 0.290 e. The molecule has 0 aromatic heterocycles. The normalized spacial score (nSPS) is 20.8. The number of carbonyl (C=O) groups is 2. The van der Waals surface area contributed by atoms with Crippen LogP contribution in [0.4, 0.5) is 10.5 Å². The van der Waals surface area contributed by atoms with Gasteiger partial charge in [0, 0.05) is 24.7 Å². The Morgan fingerprint density at radius 3 is 2.57 bits per heavy atom. The van der Waals surface area contributed by atoms with Crippen molar-refractivity contribution in [1.29, 1.82) is 0 Å². The summed E-state index contributed by atoms with van der Waals surface area (Å²) < 4.78 is 0. The molecule has 0 bridgehead atoms. The summed E-state index contributed by atoms with van der Waals surface area (Å²) in [6.45, 7) is 1.70. The third-order valence-corrected chi connectivity index (χ3v) is 5.67. The first-order valence-electron chi connectivity index (χ1n) is 9.05. The molecule has 0 spiro atoms. The maximum absolute atomic E-state index is 12.0. The number of rotatable bonds is 3. The van der Waals surface area contributed by atoms with E-state index in [0.29, 0.717) is 4.91 Å². The molecule has 0 aliphatic carbocycles. The summed E-state index contributed by atoms with van der Waals surface area (Å²) in [6.07, 6.45) is 3.87. The van der Waals surface area contributed by atoms with Crippen LogP contribution in [0.5, 0.6) is 0 Å². The molecule has 2 aromatic carbocycles. The van der Waals surface area contributed by atoms with Crippen LogP contribution in [0.3, 0.4) is 0 Å². The number of nitrogens with zero attached hydrogens (tertiary/aromatic N) is 1. The van der Waals surface area contributed by atoms with Gasteiger partial charge < -0.3 is 10.6 Å². The molecule has 2 aromatic rings. The highest BCUT2D eigenvalue weighted by Crippen LogP contribution is 2.38. The molecule has 4 rings (SSSR count). The van der Waals surface area contributed by atoms with E-state index in [1.54, 1.807) is 0 Å². The number of para-hydroxylation sites is 1. The van der Waals surface area contributed by atoms with E-state index in [9.17, 15) is 9.59 Å². The van der Waals surface area contributed by atoms with Crippen LogP contribution in [0, 0.1) is 0 Å². The van der Waals surface area contributed by atoms with Crippen LogP contribution < -0.4 is 16.0 Å². The average molecular weight is 416 g/mol. The van der Waals surface area contributed by atoms with Gasteiger partial charge in [0.2, 0.25) is 0 Å². The molecule has 2 fully saturated rings. The first kappa shape index (κ1) is 20.5. The molecule has 0 radical (unpaired) electrons. The summed E-state index contributed by atoms with van der Waals surface area (Å²) in [5.74, 6) is -0.337. The van der Waals surface area contributed by atoms with Crippen molar-refractivity contribution in [1.82, 2.24) is 5.32 Å². The molecule has 3 N–H and O–H groups in total. The summed E-state index contributed by atoms with van der Waals surface area (Å²) in [7, 11) is 0. The standard InChI is InChI=1S/C21H21N3O2S.ClH/c22-16-9-5-11-24(13-16)19-15(12-18-20(25)23-21(26)27-18)8-4-10-17(19)14-6-2-1-3-7-14;/h1-4,6-8,10,12,16H,5,9,11,13,22H2,(H,23,25,26);1H. The number of imide groups is 1. The van der Waals surface area contributed by atoms with Gasteiger partial charge in [-0.3, -0.25) is 14.9 Å². The Kier molecular flexibility index (Phi) is 6.44. The molecular formula is C21H22ClN3O2S. The Morgan fingerprint density at radius 2 is 1.89 bits per heavy atom. The van der Waals surface area contributed by atoms with Crippen molar-refractivity contribution in [2.45, 2.75) is 18.9 Å². The lowest BCUT2D eigenvalue weighted by atomic mass is 9.96. The van der Waals surface area contributed by atoms with Gasteiger partial charge in [-0.2, -0.15) is 0 Å². The van der Waals surface area contributed by atoms with E-state index in [1.165, 1.54) is 0 Å². The average Bonchev–Trinajstić information content (AvgIpc) is 2.99. The van der Waals surface area contributed by atoms with Crippen LogP contribution in [0.15, 0.2) is 53.4 Å². The summed E-state index contributed by atoms with van der Waals surface area (Å²) in [5, 5.41) is 2.00. The number of nitrogens with one attached hydrogen (secondary N) is 1. The third-order valence-electron chi connectivity index (χ3n) is 4.85. The Hall–Kier alpha value is -2.28. The largest absolute Gasteiger partial charge is 0.369 e. The zero-order valence-electron chi connectivity index (χ0n) is 15.3. The monoisotopic (exact) mass is 415 g/mol. The van der Waals surface area contributed by atoms with Gasteiger partial charge in [0.05, 0.1) is 10.6 Å². The molecule has 2 heterocycles. The van der Waals surface area contributed by atoms with E-state index in [1.807, 2.05) is 36.4 Å². The van der Waals surface area contributed by atoms with Gasteiger partial charge in [-0.25, -0.2) is 0 Å². The number of piperidine rings is 1. The number of nitrogens with two attached hydrogens (primary N) is 1. The lowest BCUT2D eigenvalue weighted by molar-refractivity contribution is -0.115. The molecule has 2 aliphatic heterocycles. The Bertz CT molecular complexity index is 917. The third kappa shape index (κ3) is 4.24. The summed E-state index contributed by atoms with van der Waals surface area (Å²) >= 11 is 0.944. The van der Waals surface area contributed by atoms with Gasteiger partial charge in [0.1, 0.15) is 0 Å². The van der Waals surface area contributed by atoms with Crippen LogP contribution in [-0.4, -0.2) is 30.3 Å². The molecule has 7 heteroatoms. The van der Waals surface area contributed by atoms with Crippen LogP contribution in [0.1, 0.15) is 18.4 Å². The fourth-order valence-electron chi connectivity index (χ4n) is 3.66. The first-order chi connectivity index (χ1) is 13.1. The number of thioether (sulfide) groups is 1. The van der Waals surface area contributed by atoms with Crippen molar-refractivity contribution in [2.24, 2.45) is 5.73 Å². The van der Waals surface area contributed by atoms with Crippen molar-refractivity contribution in [2.75, 3.05) is 18.0 Å². The lowest BCUT2D eigenvalue weighted by Crippen LogP contribution is -2.43. The molecule has 2 saturated heterocycles. The number of hydrogen-bond donors (Lipinski definition) is 2. The number of hydrogen-bond acceptors (Lipinski definition) is 5. The van der Waals surface area contributed by atoms with Crippen molar-refractivity contribution in [3.63, 3.8) is 0 Å². The fraction of sp³-hybridized carbons (Fsp3) is 0.238. The van der Waals surface area contributed by atoms with E-state index < -0.39 is 0 Å². The quantitative estimate of drug-likeness (QED) is 0.740. The SMILES string of the molecule is Cl.NC1CCCN(c2c(C=C3SC(=O)NC3=O)cccc2-c2ccccc2)C1. The molecule has 1 unspecified atom stereocenters. The van der Waals surface area contributed by atoms with E-state index >= 15 is 0 Å². The van der Waals surface area contributed by atoms with Gasteiger partial charge in [0.15, 0.2) is 0 Å². The van der Waals surface area contributed by atoms with Crippen LogP contribution in [0.2, 0.25) is 0 Å². The Morgan fingerprint density at radius 1 is 1.11 bits per heavy atom. The minimum Gasteiger partial charge on any atom is -0.369 e. The minimum atomic E-state index is -0.337. The van der Waals surface area contributed by atoms with Crippen LogP contribution in [0.25, 0.3) is 17.2 Å². The van der Waals surface area contributed by atoms with Gasteiger partial charge in [-0.05, 0) is 41.8 Å². The summed E-state index contributed by atoms with van der Waals surface area (Å²) in [5.41, 5.74) is 10.5. The topological polar surface area (TPSA) is 75.4 Å². The Balaban J connectivity index is 0.00000225. The van der Waals surface area contributed by atoms with Crippen molar-refractivity contribution in [3.8, 4) is 11.1 Å². The second kappa shape index (κ2) is 8.82. The lowest BCUT2D eigenvalue weighted by Gasteiger charge is -2.35. The van der Waals surface area contributed by atoms with E-state index in [2.05, 4.69) is 28.4 Å². The molecule has 1 atom stereocenters. The zero-order valence-corrected chi connectivity index (χ0v) is 16.9. The maximum Gasteiger partial charge on any atom is 0.290 e. The van der Waals surface area contributed by atoms with Gasteiger partial charge in [-0.15, -0.1) is 12.4 Å². The number of amides is 2. The van der Waals surface area contributed by atoms with Gasteiger partial charge in [-0.1, -0.05) is 48.5 Å². The van der Waals surface area contributed by atoms with Crippen LogP contribution in [-0.2, 0) is 4.79 Å². The molecule has 0 saturated carbocycles. The predicted octanol–water partition coefficient (Wildman–Crippen LogP) is 4.03. The summed E-state index contributed by atoms with van der Waals surface area (Å²) in [6, 6.07) is 16.4. The number of anilines is 1. The number of benzene rings is 2. The first-order valence-corrected chi connectivity index (χ1v) is 9.87. The summed E-state index contributed by atoms with van der Waals surface area (Å²) in [4.78, 5) is 26.3. The minimum absolute atomic E-state index is 0. The van der Waals surface area contributed by atoms with Crippen molar-refractivity contribution < 1.29 is 9.59 Å². The fourth-order valence-corrected chi connectivity index (χ4v) is 4.33. The van der Waals surface area contributed by atoms with Crippen molar-refractivity contribution in [3.05, 3.63) is 59.0 Å². The molecule has 5 nitrogen and oxygen atoms in total. The van der Waals surface area contributed by atoms with Gasteiger partial charge in [0.25, 0.3) is 11.1 Å². The predicted molar refractivity (Wildman–Crippen MR) is 118 cm³/mol. The number of carbonyl (C=O) groups excluding carboxylic acids is 2. The van der Waals surface area contributed by atoms with Gasteiger partial charge >= 0.3 is 0 Å². The molecule has 28 heavy (non-hydrogen) atoms. The number of halogens is 1. The van der Waals surface area contributed by atoms with E-state index in [4.69, 9.17) is 5.73 Å². The van der Waals surface area contributed by atoms with Crippen LogP contribution >= 0.6 is 24.2 Å². The second-order valence-electron chi connectivity index (χ2n) is 6.81. The van der Waals surface area contributed by atoms with Crippen molar-refractivity contribution >= 4 is 47.1 Å².